The highest BCUT2D eigenvalue weighted by atomic mass is 32.2. The number of sulfonamides is 1. The lowest BCUT2D eigenvalue weighted by atomic mass is 10.1. The molecule has 0 atom stereocenters. The third-order valence-electron chi connectivity index (χ3n) is 3.00. The number of anilines is 1. The third kappa shape index (κ3) is 3.34. The smallest absolute Gasteiger partial charge is 0.240 e. The molecule has 0 aliphatic heterocycles. The Bertz CT molecular complexity index is 655. The monoisotopic (exact) mass is 291 g/mol. The van der Waals surface area contributed by atoms with E-state index in [0.717, 1.165) is 11.1 Å². The number of nitrogens with zero attached hydrogens (tertiary/aromatic N) is 2. The first-order chi connectivity index (χ1) is 9.53. The van der Waals surface area contributed by atoms with E-state index in [1.54, 1.807) is 36.5 Å². The number of nitrogens with two attached hydrogens (primary N) is 1. The molecule has 0 saturated heterocycles. The average Bonchev–Trinajstić information content (AvgIpc) is 2.48. The molecule has 6 heteroatoms. The summed E-state index contributed by atoms with van der Waals surface area (Å²) < 4.78 is 25.8. The third-order valence-corrected chi connectivity index (χ3v) is 4.72. The Morgan fingerprint density at radius 2 is 1.75 bits per heavy atom. The minimum atomic E-state index is -3.45. The van der Waals surface area contributed by atoms with Gasteiger partial charge < -0.3 is 5.73 Å². The Balaban J connectivity index is 2.18. The van der Waals surface area contributed by atoms with Gasteiger partial charge in [-0.15, -0.1) is 0 Å². The number of hydrogen-bond donors (Lipinski definition) is 1. The van der Waals surface area contributed by atoms with Gasteiger partial charge in [0.25, 0.3) is 0 Å². The first-order valence-corrected chi connectivity index (χ1v) is 7.79. The molecule has 0 radical (unpaired) electrons. The average molecular weight is 291 g/mol. The van der Waals surface area contributed by atoms with E-state index in [4.69, 9.17) is 5.73 Å². The van der Waals surface area contributed by atoms with Crippen molar-refractivity contribution in [3.05, 3.63) is 59.8 Å². The molecule has 1 aromatic carbocycles. The van der Waals surface area contributed by atoms with Gasteiger partial charge in [0.05, 0.1) is 5.75 Å². The Morgan fingerprint density at radius 1 is 1.10 bits per heavy atom. The summed E-state index contributed by atoms with van der Waals surface area (Å²) in [6.45, 7) is 0.445. The molecule has 0 spiro atoms. The predicted octanol–water partition coefficient (Wildman–Crippen LogP) is 1.51. The number of hydrogen-bond acceptors (Lipinski definition) is 4. The van der Waals surface area contributed by atoms with E-state index < -0.39 is 10.0 Å². The van der Waals surface area contributed by atoms with E-state index in [0.29, 0.717) is 12.4 Å². The van der Waals surface area contributed by atoms with Crippen LogP contribution in [0.2, 0.25) is 0 Å². The van der Waals surface area contributed by atoms with Gasteiger partial charge in [0.2, 0.25) is 10.0 Å². The molecule has 1 heterocycles. The van der Waals surface area contributed by atoms with Crippen LogP contribution in [0.15, 0.2) is 48.7 Å². The van der Waals surface area contributed by atoms with Gasteiger partial charge in [-0.1, -0.05) is 30.3 Å². The lowest BCUT2D eigenvalue weighted by Crippen LogP contribution is -2.28. The van der Waals surface area contributed by atoms with Gasteiger partial charge in [-0.2, -0.15) is 0 Å². The first kappa shape index (κ1) is 14.5. The van der Waals surface area contributed by atoms with Crippen LogP contribution < -0.4 is 10.0 Å². The maximum atomic E-state index is 12.3. The van der Waals surface area contributed by atoms with Crippen molar-refractivity contribution in [2.75, 3.05) is 11.4 Å². The van der Waals surface area contributed by atoms with Crippen LogP contribution in [0.5, 0.6) is 0 Å². The molecule has 2 aromatic rings. The van der Waals surface area contributed by atoms with Crippen molar-refractivity contribution >= 4 is 15.8 Å². The lowest BCUT2D eigenvalue weighted by molar-refractivity contribution is 0.593. The molecule has 2 N–H and O–H groups in total. The van der Waals surface area contributed by atoms with E-state index >= 15 is 0 Å². The van der Waals surface area contributed by atoms with Gasteiger partial charge in [0.1, 0.15) is 5.82 Å². The van der Waals surface area contributed by atoms with Crippen LogP contribution in [0.4, 0.5) is 5.82 Å². The zero-order valence-electron chi connectivity index (χ0n) is 11.2. The van der Waals surface area contributed by atoms with Crippen LogP contribution in [0.25, 0.3) is 0 Å². The summed E-state index contributed by atoms with van der Waals surface area (Å²) in [5, 5.41) is 0. The predicted molar refractivity (Wildman–Crippen MR) is 79.6 cm³/mol. The molecule has 20 heavy (non-hydrogen) atoms. The quantitative estimate of drug-likeness (QED) is 0.906. The molecule has 0 unspecified atom stereocenters. The van der Waals surface area contributed by atoms with Gasteiger partial charge in [0, 0.05) is 19.8 Å². The second kappa shape index (κ2) is 6.02. The van der Waals surface area contributed by atoms with Crippen molar-refractivity contribution in [1.29, 1.82) is 0 Å². The molecule has 0 fully saturated rings. The van der Waals surface area contributed by atoms with Crippen molar-refractivity contribution in [3.63, 3.8) is 0 Å². The standard InChI is InChI=1S/C14H17N3O2S/c1-17(14-4-2-3-9-16-14)20(18,19)11-13-7-5-12(10-15)6-8-13/h2-9H,10-11,15H2,1H3. The van der Waals surface area contributed by atoms with Gasteiger partial charge in [-0.25, -0.2) is 13.4 Å². The number of pyridine rings is 1. The zero-order valence-corrected chi connectivity index (χ0v) is 12.0. The van der Waals surface area contributed by atoms with Crippen molar-refractivity contribution in [2.24, 2.45) is 5.73 Å². The SMILES string of the molecule is CN(c1ccccn1)S(=O)(=O)Cc1ccc(CN)cc1. The van der Waals surface area contributed by atoms with E-state index in [1.807, 2.05) is 12.1 Å². The van der Waals surface area contributed by atoms with E-state index in [1.165, 1.54) is 11.4 Å². The van der Waals surface area contributed by atoms with Crippen molar-refractivity contribution in [3.8, 4) is 0 Å². The molecule has 2 rings (SSSR count). The van der Waals surface area contributed by atoms with Crippen molar-refractivity contribution in [1.82, 2.24) is 4.98 Å². The second-order valence-electron chi connectivity index (χ2n) is 4.43. The molecule has 0 aliphatic carbocycles. The molecular weight excluding hydrogens is 274 g/mol. The molecule has 0 bridgehead atoms. The van der Waals surface area contributed by atoms with Gasteiger partial charge in [-0.05, 0) is 23.3 Å². The summed E-state index contributed by atoms with van der Waals surface area (Å²) in [6.07, 6.45) is 1.57. The van der Waals surface area contributed by atoms with Gasteiger partial charge in [0.15, 0.2) is 0 Å². The fourth-order valence-electron chi connectivity index (χ4n) is 1.76. The molecule has 5 nitrogen and oxygen atoms in total. The molecule has 0 aliphatic rings. The number of aromatic nitrogens is 1. The largest absolute Gasteiger partial charge is 0.326 e. The van der Waals surface area contributed by atoms with Crippen molar-refractivity contribution in [2.45, 2.75) is 12.3 Å². The Hall–Kier alpha value is -1.92. The molecule has 0 amide bonds. The van der Waals surface area contributed by atoms with Gasteiger partial charge in [-0.3, -0.25) is 4.31 Å². The van der Waals surface area contributed by atoms with Crippen LogP contribution in [0.3, 0.4) is 0 Å². The highest BCUT2D eigenvalue weighted by molar-refractivity contribution is 7.92. The summed E-state index contributed by atoms with van der Waals surface area (Å²) in [5.41, 5.74) is 7.22. The summed E-state index contributed by atoms with van der Waals surface area (Å²) >= 11 is 0. The summed E-state index contributed by atoms with van der Waals surface area (Å²) in [6, 6.07) is 12.4. The van der Waals surface area contributed by atoms with Crippen LogP contribution in [-0.2, 0) is 22.3 Å². The molecule has 1 aromatic heterocycles. The molecule has 0 saturated carbocycles. The molecule has 106 valence electrons. The maximum absolute atomic E-state index is 12.3. The highest BCUT2D eigenvalue weighted by Gasteiger charge is 2.19. The van der Waals surface area contributed by atoms with E-state index in [2.05, 4.69) is 4.98 Å². The lowest BCUT2D eigenvalue weighted by Gasteiger charge is -2.18. The number of rotatable bonds is 5. The fraction of sp³-hybridized carbons (Fsp3) is 0.214. The molecular formula is C14H17N3O2S. The second-order valence-corrected chi connectivity index (χ2v) is 6.43. The first-order valence-electron chi connectivity index (χ1n) is 6.18. The van der Waals surface area contributed by atoms with Crippen LogP contribution in [0, 0.1) is 0 Å². The van der Waals surface area contributed by atoms with Crippen molar-refractivity contribution < 1.29 is 8.42 Å². The Morgan fingerprint density at radius 3 is 2.30 bits per heavy atom. The maximum Gasteiger partial charge on any atom is 0.240 e. The summed E-state index contributed by atoms with van der Waals surface area (Å²) in [7, 11) is -1.94. The minimum absolute atomic E-state index is 0.0646. The van der Waals surface area contributed by atoms with Crippen LogP contribution in [-0.4, -0.2) is 20.4 Å². The van der Waals surface area contributed by atoms with Crippen LogP contribution >= 0.6 is 0 Å². The summed E-state index contributed by atoms with van der Waals surface area (Å²) in [4.78, 5) is 4.04. The van der Waals surface area contributed by atoms with E-state index in [-0.39, 0.29) is 5.75 Å². The minimum Gasteiger partial charge on any atom is -0.326 e. The van der Waals surface area contributed by atoms with Gasteiger partial charge >= 0.3 is 0 Å². The van der Waals surface area contributed by atoms with E-state index in [9.17, 15) is 8.42 Å². The Kier molecular flexibility index (Phi) is 4.36. The topological polar surface area (TPSA) is 76.3 Å². The van der Waals surface area contributed by atoms with Crippen LogP contribution in [0.1, 0.15) is 11.1 Å². The number of benzene rings is 1. The highest BCUT2D eigenvalue weighted by Crippen LogP contribution is 2.16. The summed E-state index contributed by atoms with van der Waals surface area (Å²) in [5.74, 6) is 0.344. The Labute approximate surface area is 119 Å². The zero-order chi connectivity index (χ0) is 14.6. The fourth-order valence-corrected chi connectivity index (χ4v) is 2.96. The normalized spacial score (nSPS) is 11.3.